The van der Waals surface area contributed by atoms with Crippen molar-refractivity contribution >= 4 is 57.5 Å². The van der Waals surface area contributed by atoms with Crippen LogP contribution in [-0.4, -0.2) is 76.8 Å². The molecule has 1 aliphatic rings. The van der Waals surface area contributed by atoms with Crippen molar-refractivity contribution in [3.05, 3.63) is 28.7 Å². The summed E-state index contributed by atoms with van der Waals surface area (Å²) in [6.07, 6.45) is 1.02. The monoisotopic (exact) mass is 553 g/mol. The number of anilines is 1. The van der Waals surface area contributed by atoms with Crippen LogP contribution in [0.2, 0.25) is 0 Å². The first-order valence-corrected chi connectivity index (χ1v) is 9.53. The Morgan fingerprint density at radius 2 is 2.07 bits per heavy atom. The van der Waals surface area contributed by atoms with Crippen LogP contribution >= 0.6 is 39.9 Å². The molecule has 1 aromatic rings. The molecule has 1 heterocycles. The molecule has 2 N–H and O–H groups in total. The number of hydrogen-bond donors (Lipinski definition) is 2. The molecule has 7 nitrogen and oxygen atoms in total. The summed E-state index contributed by atoms with van der Waals surface area (Å²) in [4.78, 5) is 20.1. The minimum absolute atomic E-state index is 0. The summed E-state index contributed by atoms with van der Waals surface area (Å²) in [5.74, 6) is 0.626. The highest BCUT2D eigenvalue weighted by atomic mass is 127. The zero-order valence-corrected chi connectivity index (χ0v) is 20.0. The second-order valence-electron chi connectivity index (χ2n) is 6.42. The van der Waals surface area contributed by atoms with Crippen LogP contribution in [0, 0.1) is 0 Å². The van der Waals surface area contributed by atoms with Gasteiger partial charge in [-0.2, -0.15) is 0 Å². The van der Waals surface area contributed by atoms with Gasteiger partial charge in [-0.25, -0.2) is 4.99 Å². The second-order valence-corrected chi connectivity index (χ2v) is 7.34. The minimum Gasteiger partial charge on any atom is -0.383 e. The smallest absolute Gasteiger partial charge is 0.243 e. The first-order chi connectivity index (χ1) is 12.5. The Morgan fingerprint density at radius 1 is 1.37 bits per heavy atom. The SMILES string of the molecule is COCCNC(=NCC(=O)N(C)C)NC1CCN(c2ccc(Br)cc2)C1.I. The normalized spacial score (nSPS) is 16.7. The largest absolute Gasteiger partial charge is 0.383 e. The summed E-state index contributed by atoms with van der Waals surface area (Å²) in [6, 6.07) is 8.63. The first-order valence-electron chi connectivity index (χ1n) is 8.74. The maximum Gasteiger partial charge on any atom is 0.243 e. The van der Waals surface area contributed by atoms with Crippen LogP contribution in [0.4, 0.5) is 5.69 Å². The Labute approximate surface area is 187 Å². The zero-order chi connectivity index (χ0) is 18.9. The van der Waals surface area contributed by atoms with Crippen molar-refractivity contribution in [1.82, 2.24) is 15.5 Å². The molecule has 0 aliphatic carbocycles. The standard InChI is InChI=1S/C18H28BrN5O2.HI/c1-23(2)17(25)12-21-18(20-9-11-26-3)22-15-8-10-24(13-15)16-6-4-14(19)5-7-16;/h4-7,15H,8-13H2,1-3H3,(H2,20,21,22);1H. The highest BCUT2D eigenvalue weighted by molar-refractivity contribution is 14.0. The predicted molar refractivity (Wildman–Crippen MR) is 124 cm³/mol. The van der Waals surface area contributed by atoms with E-state index in [1.165, 1.54) is 5.69 Å². The quantitative estimate of drug-likeness (QED) is 0.234. The van der Waals surface area contributed by atoms with E-state index in [4.69, 9.17) is 4.74 Å². The average Bonchev–Trinajstić information content (AvgIpc) is 3.08. The van der Waals surface area contributed by atoms with Gasteiger partial charge in [0.1, 0.15) is 6.54 Å². The van der Waals surface area contributed by atoms with Crippen LogP contribution in [0.5, 0.6) is 0 Å². The number of halogens is 2. The summed E-state index contributed by atoms with van der Waals surface area (Å²) in [5.41, 5.74) is 1.21. The number of nitrogens with zero attached hydrogens (tertiary/aromatic N) is 3. The summed E-state index contributed by atoms with van der Waals surface area (Å²) in [7, 11) is 5.13. The van der Waals surface area contributed by atoms with Crippen LogP contribution in [0.25, 0.3) is 0 Å². The number of ether oxygens (including phenoxy) is 1. The fourth-order valence-electron chi connectivity index (χ4n) is 2.67. The summed E-state index contributed by atoms with van der Waals surface area (Å²) in [6.45, 7) is 3.23. The third-order valence-electron chi connectivity index (χ3n) is 4.19. The minimum atomic E-state index is -0.0271. The molecule has 1 atom stereocenters. The topological polar surface area (TPSA) is 69.2 Å². The van der Waals surface area contributed by atoms with Crippen molar-refractivity contribution in [2.75, 3.05) is 58.9 Å². The number of aliphatic imine (C=N–C) groups is 1. The molecule has 27 heavy (non-hydrogen) atoms. The van der Waals surface area contributed by atoms with Gasteiger partial charge in [0.15, 0.2) is 5.96 Å². The summed E-state index contributed by atoms with van der Waals surface area (Å²) < 4.78 is 6.16. The summed E-state index contributed by atoms with van der Waals surface area (Å²) in [5, 5.41) is 6.66. The van der Waals surface area contributed by atoms with E-state index in [9.17, 15) is 4.79 Å². The Kier molecular flexibility index (Phi) is 11.0. The van der Waals surface area contributed by atoms with E-state index in [0.29, 0.717) is 19.1 Å². The number of carbonyl (C=O) groups excluding carboxylic acids is 1. The molecule has 1 unspecified atom stereocenters. The van der Waals surface area contributed by atoms with E-state index in [0.717, 1.165) is 24.0 Å². The Balaban J connectivity index is 0.00000364. The van der Waals surface area contributed by atoms with E-state index in [2.05, 4.69) is 60.7 Å². The van der Waals surface area contributed by atoms with Gasteiger partial charge in [-0.1, -0.05) is 15.9 Å². The van der Waals surface area contributed by atoms with Gasteiger partial charge in [0.25, 0.3) is 0 Å². The molecule has 152 valence electrons. The molecule has 0 saturated carbocycles. The molecule has 9 heteroatoms. The third kappa shape index (κ3) is 8.22. The Morgan fingerprint density at radius 3 is 2.70 bits per heavy atom. The van der Waals surface area contributed by atoms with E-state index in [1.807, 2.05) is 0 Å². The number of benzene rings is 1. The van der Waals surface area contributed by atoms with E-state index in [1.54, 1.807) is 26.1 Å². The van der Waals surface area contributed by atoms with Crippen molar-refractivity contribution in [3.63, 3.8) is 0 Å². The lowest BCUT2D eigenvalue weighted by Crippen LogP contribution is -2.46. The van der Waals surface area contributed by atoms with Crippen LogP contribution in [0.15, 0.2) is 33.7 Å². The van der Waals surface area contributed by atoms with Gasteiger partial charge in [0, 0.05) is 57.0 Å². The number of guanidine groups is 1. The lowest BCUT2D eigenvalue weighted by molar-refractivity contribution is -0.127. The van der Waals surface area contributed by atoms with E-state index in [-0.39, 0.29) is 42.5 Å². The molecule has 1 aliphatic heterocycles. The number of methoxy groups -OCH3 is 1. The number of amides is 1. The van der Waals surface area contributed by atoms with Crippen LogP contribution in [0.1, 0.15) is 6.42 Å². The van der Waals surface area contributed by atoms with Gasteiger partial charge >= 0.3 is 0 Å². The fraction of sp³-hybridized carbons (Fsp3) is 0.556. The maximum atomic E-state index is 11.8. The Hall–Kier alpha value is -1.07. The number of nitrogens with one attached hydrogen (secondary N) is 2. The lowest BCUT2D eigenvalue weighted by atomic mass is 10.3. The molecule has 1 saturated heterocycles. The fourth-order valence-corrected chi connectivity index (χ4v) is 2.93. The number of likely N-dealkylation sites (N-methyl/N-ethyl adjacent to an activating group) is 1. The van der Waals surface area contributed by atoms with Gasteiger partial charge < -0.3 is 25.2 Å². The Bertz CT molecular complexity index is 612. The van der Waals surface area contributed by atoms with Crippen molar-refractivity contribution in [3.8, 4) is 0 Å². The molecule has 0 aromatic heterocycles. The third-order valence-corrected chi connectivity index (χ3v) is 4.72. The van der Waals surface area contributed by atoms with Gasteiger partial charge in [-0.15, -0.1) is 24.0 Å². The highest BCUT2D eigenvalue weighted by Crippen LogP contribution is 2.22. The van der Waals surface area contributed by atoms with Crippen molar-refractivity contribution < 1.29 is 9.53 Å². The summed E-state index contributed by atoms with van der Waals surface area (Å²) >= 11 is 3.47. The average molecular weight is 554 g/mol. The molecule has 0 bridgehead atoms. The van der Waals surface area contributed by atoms with Crippen LogP contribution < -0.4 is 15.5 Å². The number of rotatable bonds is 7. The molecule has 0 spiro atoms. The van der Waals surface area contributed by atoms with Crippen molar-refractivity contribution in [2.24, 2.45) is 4.99 Å². The molecule has 0 radical (unpaired) electrons. The molecule has 2 rings (SSSR count). The van der Waals surface area contributed by atoms with E-state index >= 15 is 0 Å². The molecule has 1 amide bonds. The van der Waals surface area contributed by atoms with E-state index < -0.39 is 0 Å². The molecular weight excluding hydrogens is 525 g/mol. The second kappa shape index (κ2) is 12.4. The van der Waals surface area contributed by atoms with Crippen molar-refractivity contribution in [2.45, 2.75) is 12.5 Å². The van der Waals surface area contributed by atoms with Gasteiger partial charge in [-0.05, 0) is 30.7 Å². The van der Waals surface area contributed by atoms with Gasteiger partial charge in [0.2, 0.25) is 5.91 Å². The van der Waals surface area contributed by atoms with Gasteiger partial charge in [0.05, 0.1) is 6.61 Å². The van der Waals surface area contributed by atoms with Crippen LogP contribution in [0.3, 0.4) is 0 Å². The van der Waals surface area contributed by atoms with Crippen molar-refractivity contribution in [1.29, 1.82) is 0 Å². The lowest BCUT2D eigenvalue weighted by Gasteiger charge is -2.21. The first kappa shape index (κ1) is 24.0. The number of carbonyl (C=O) groups is 1. The predicted octanol–water partition coefficient (Wildman–Crippen LogP) is 1.92. The van der Waals surface area contributed by atoms with Crippen LogP contribution in [-0.2, 0) is 9.53 Å². The zero-order valence-electron chi connectivity index (χ0n) is 16.1. The van der Waals surface area contributed by atoms with Gasteiger partial charge in [-0.3, -0.25) is 4.79 Å². The molecule has 1 aromatic carbocycles. The number of hydrogen-bond acceptors (Lipinski definition) is 4. The molecule has 1 fully saturated rings. The highest BCUT2D eigenvalue weighted by Gasteiger charge is 2.23. The maximum absolute atomic E-state index is 11.8. The molecular formula is C18H29BrIN5O2.